The molecule has 1 aliphatic carbocycles. The number of guanidine groups is 1. The fourth-order valence-corrected chi connectivity index (χ4v) is 3.17. The Morgan fingerprint density at radius 3 is 2.86 bits per heavy atom. The van der Waals surface area contributed by atoms with Gasteiger partial charge in [0.1, 0.15) is 0 Å². The first-order valence-electron chi connectivity index (χ1n) is 7.59. The summed E-state index contributed by atoms with van der Waals surface area (Å²) < 4.78 is 0. The topological polar surface area (TPSA) is 79.5 Å². The van der Waals surface area contributed by atoms with Crippen molar-refractivity contribution in [1.82, 2.24) is 10.6 Å². The average Bonchev–Trinajstić information content (AvgIpc) is 3.12. The molecule has 7 heteroatoms. The number of nitrogens with zero attached hydrogens (tertiary/aromatic N) is 1. The van der Waals surface area contributed by atoms with Crippen molar-refractivity contribution in [2.75, 3.05) is 13.1 Å². The van der Waals surface area contributed by atoms with Gasteiger partial charge in [0.15, 0.2) is 5.96 Å². The molecule has 1 fully saturated rings. The van der Waals surface area contributed by atoms with Crippen LogP contribution >= 0.6 is 35.3 Å². The van der Waals surface area contributed by atoms with Crippen LogP contribution in [-0.4, -0.2) is 31.0 Å². The van der Waals surface area contributed by atoms with Gasteiger partial charge in [-0.15, -0.1) is 35.3 Å². The Labute approximate surface area is 153 Å². The lowest BCUT2D eigenvalue weighted by Gasteiger charge is -2.12. The van der Waals surface area contributed by atoms with E-state index in [1.165, 1.54) is 17.7 Å². The largest absolute Gasteiger partial charge is 0.370 e. The van der Waals surface area contributed by atoms with Crippen molar-refractivity contribution < 1.29 is 4.79 Å². The van der Waals surface area contributed by atoms with Crippen LogP contribution in [0.2, 0.25) is 0 Å². The molecule has 124 valence electrons. The summed E-state index contributed by atoms with van der Waals surface area (Å²) in [6.45, 7) is 1.21. The van der Waals surface area contributed by atoms with E-state index in [0.717, 1.165) is 19.3 Å². The van der Waals surface area contributed by atoms with Crippen molar-refractivity contribution in [3.05, 3.63) is 22.4 Å². The third-order valence-corrected chi connectivity index (χ3v) is 4.54. The zero-order valence-corrected chi connectivity index (χ0v) is 15.9. The third kappa shape index (κ3) is 7.44. The van der Waals surface area contributed by atoms with E-state index in [4.69, 9.17) is 5.73 Å². The van der Waals surface area contributed by atoms with E-state index in [9.17, 15) is 4.79 Å². The average molecular weight is 436 g/mol. The summed E-state index contributed by atoms with van der Waals surface area (Å²) in [6.07, 6.45) is 6.04. The fourth-order valence-electron chi connectivity index (χ4n) is 2.47. The minimum atomic E-state index is 0. The quantitative estimate of drug-likeness (QED) is 0.349. The predicted molar refractivity (Wildman–Crippen MR) is 103 cm³/mol. The van der Waals surface area contributed by atoms with Gasteiger partial charge in [-0.2, -0.15) is 0 Å². The number of hydrogen-bond acceptors (Lipinski definition) is 3. The summed E-state index contributed by atoms with van der Waals surface area (Å²) in [5, 5.41) is 8.10. The first-order valence-corrected chi connectivity index (χ1v) is 8.47. The second-order valence-electron chi connectivity index (χ2n) is 5.32. The molecule has 0 aliphatic heterocycles. The molecule has 0 atom stereocenters. The Kier molecular flexibility index (Phi) is 9.45. The maximum Gasteiger partial charge on any atom is 0.221 e. The number of aliphatic imine (C=N–C) groups is 1. The van der Waals surface area contributed by atoms with Gasteiger partial charge in [-0.1, -0.05) is 18.9 Å². The minimum Gasteiger partial charge on any atom is -0.370 e. The number of carbonyl (C=O) groups is 1. The lowest BCUT2D eigenvalue weighted by Crippen LogP contribution is -2.37. The molecular formula is C15H25IN4OS. The number of nitrogens with two attached hydrogens (primary N) is 1. The number of carbonyl (C=O) groups excluding carboxylic acids is 1. The molecule has 0 saturated heterocycles. The molecule has 5 nitrogen and oxygen atoms in total. The lowest BCUT2D eigenvalue weighted by atomic mass is 10.2. The highest BCUT2D eigenvalue weighted by molar-refractivity contribution is 14.0. The molecule has 1 aromatic heterocycles. The van der Waals surface area contributed by atoms with Gasteiger partial charge in [0.05, 0.1) is 0 Å². The smallest absolute Gasteiger partial charge is 0.221 e. The normalized spacial score (nSPS) is 15.4. The highest BCUT2D eigenvalue weighted by Crippen LogP contribution is 2.17. The molecule has 2 rings (SSSR count). The van der Waals surface area contributed by atoms with Crippen molar-refractivity contribution in [1.29, 1.82) is 0 Å². The van der Waals surface area contributed by atoms with Gasteiger partial charge in [0.25, 0.3) is 0 Å². The molecule has 0 spiro atoms. The molecule has 4 N–H and O–H groups in total. The van der Waals surface area contributed by atoms with Crippen LogP contribution in [0.25, 0.3) is 0 Å². The summed E-state index contributed by atoms with van der Waals surface area (Å²) in [6, 6.07) is 4.51. The van der Waals surface area contributed by atoms with Crippen molar-refractivity contribution in [3.8, 4) is 0 Å². The molecule has 0 aromatic carbocycles. The Morgan fingerprint density at radius 1 is 1.41 bits per heavy atom. The summed E-state index contributed by atoms with van der Waals surface area (Å²) in [5.74, 6) is 0.515. The summed E-state index contributed by atoms with van der Waals surface area (Å²) in [7, 11) is 0. The van der Waals surface area contributed by atoms with E-state index in [0.29, 0.717) is 31.5 Å². The van der Waals surface area contributed by atoms with Crippen LogP contribution in [0.3, 0.4) is 0 Å². The fraction of sp³-hybridized carbons (Fsp3) is 0.600. The molecule has 22 heavy (non-hydrogen) atoms. The van der Waals surface area contributed by atoms with Crippen molar-refractivity contribution in [3.63, 3.8) is 0 Å². The summed E-state index contributed by atoms with van der Waals surface area (Å²) >= 11 is 1.73. The zero-order valence-electron chi connectivity index (χ0n) is 12.7. The number of amides is 1. The first kappa shape index (κ1) is 19.2. The van der Waals surface area contributed by atoms with Gasteiger partial charge < -0.3 is 16.4 Å². The molecule has 0 bridgehead atoms. The number of thiophene rings is 1. The van der Waals surface area contributed by atoms with Crippen LogP contribution in [0.4, 0.5) is 0 Å². The van der Waals surface area contributed by atoms with Gasteiger partial charge in [-0.25, -0.2) is 0 Å². The van der Waals surface area contributed by atoms with E-state index in [1.54, 1.807) is 11.3 Å². The van der Waals surface area contributed by atoms with Crippen LogP contribution < -0.4 is 16.4 Å². The maximum absolute atomic E-state index is 11.7. The van der Waals surface area contributed by atoms with Crippen LogP contribution in [-0.2, 0) is 11.2 Å². The Hall–Kier alpha value is -0.830. The lowest BCUT2D eigenvalue weighted by molar-refractivity contribution is -0.121. The Morgan fingerprint density at radius 2 is 2.18 bits per heavy atom. The van der Waals surface area contributed by atoms with E-state index in [2.05, 4.69) is 27.1 Å². The van der Waals surface area contributed by atoms with Gasteiger partial charge in [0.2, 0.25) is 5.91 Å². The minimum absolute atomic E-state index is 0. The molecule has 1 amide bonds. The SMILES string of the molecule is I.NC(=NCCc1cccs1)NCCC(=O)NC1CCCC1. The molecule has 1 saturated carbocycles. The van der Waals surface area contributed by atoms with Crippen LogP contribution in [0.15, 0.2) is 22.5 Å². The Balaban J connectivity index is 0.00000242. The van der Waals surface area contributed by atoms with Crippen molar-refractivity contribution in [2.45, 2.75) is 44.6 Å². The predicted octanol–water partition coefficient (Wildman–Crippen LogP) is 2.26. The summed E-state index contributed by atoms with van der Waals surface area (Å²) in [5.41, 5.74) is 5.77. The number of rotatable bonds is 7. The molecule has 0 unspecified atom stereocenters. The first-order chi connectivity index (χ1) is 10.2. The van der Waals surface area contributed by atoms with Gasteiger partial charge in [-0.05, 0) is 24.3 Å². The van der Waals surface area contributed by atoms with Gasteiger partial charge >= 0.3 is 0 Å². The van der Waals surface area contributed by atoms with Crippen LogP contribution in [0, 0.1) is 0 Å². The summed E-state index contributed by atoms with van der Waals surface area (Å²) in [4.78, 5) is 17.3. The van der Waals surface area contributed by atoms with Gasteiger partial charge in [-0.3, -0.25) is 9.79 Å². The number of nitrogens with one attached hydrogen (secondary N) is 2. The van der Waals surface area contributed by atoms with E-state index in [-0.39, 0.29) is 29.9 Å². The van der Waals surface area contributed by atoms with Gasteiger partial charge in [0, 0.05) is 36.9 Å². The molecule has 1 aromatic rings. The Bertz CT molecular complexity index is 458. The second kappa shape index (κ2) is 10.8. The third-order valence-electron chi connectivity index (χ3n) is 3.60. The highest BCUT2D eigenvalue weighted by Gasteiger charge is 2.16. The zero-order chi connectivity index (χ0) is 14.9. The van der Waals surface area contributed by atoms with E-state index in [1.807, 2.05) is 6.07 Å². The number of hydrogen-bond donors (Lipinski definition) is 3. The number of halogens is 1. The second-order valence-corrected chi connectivity index (χ2v) is 6.35. The van der Waals surface area contributed by atoms with E-state index < -0.39 is 0 Å². The monoisotopic (exact) mass is 436 g/mol. The van der Waals surface area contributed by atoms with Crippen LogP contribution in [0.5, 0.6) is 0 Å². The highest BCUT2D eigenvalue weighted by atomic mass is 127. The molecule has 1 aliphatic rings. The van der Waals surface area contributed by atoms with Crippen molar-refractivity contribution in [2.24, 2.45) is 10.7 Å². The molecular weight excluding hydrogens is 411 g/mol. The van der Waals surface area contributed by atoms with E-state index >= 15 is 0 Å². The maximum atomic E-state index is 11.7. The van der Waals surface area contributed by atoms with Crippen molar-refractivity contribution >= 4 is 47.2 Å². The standard InChI is InChI=1S/C15H24N4OS.HI/c16-15(17-9-7-13-6-3-11-21-13)18-10-8-14(20)19-12-4-1-2-5-12;/h3,6,11-12H,1-2,4-5,7-10H2,(H,19,20)(H3,16,17,18);1H. The molecule has 0 radical (unpaired) electrons. The molecule has 1 heterocycles. The van der Waals surface area contributed by atoms with Crippen LogP contribution in [0.1, 0.15) is 37.0 Å².